The van der Waals surface area contributed by atoms with Crippen LogP contribution in [0.5, 0.6) is 0 Å². The van der Waals surface area contributed by atoms with Crippen LogP contribution in [0.25, 0.3) is 10.9 Å². The van der Waals surface area contributed by atoms with Crippen molar-refractivity contribution in [1.82, 2.24) is 14.8 Å². The fourth-order valence-electron chi connectivity index (χ4n) is 3.96. The summed E-state index contributed by atoms with van der Waals surface area (Å²) in [7, 11) is 0. The van der Waals surface area contributed by atoms with Crippen molar-refractivity contribution in [1.29, 1.82) is 0 Å². The van der Waals surface area contributed by atoms with Gasteiger partial charge in [0.25, 0.3) is 5.91 Å². The van der Waals surface area contributed by atoms with Gasteiger partial charge in [-0.05, 0) is 44.5 Å². The average Bonchev–Trinajstić information content (AvgIpc) is 3.24. The zero-order chi connectivity index (χ0) is 16.6. The van der Waals surface area contributed by atoms with Gasteiger partial charge in [-0.2, -0.15) is 0 Å². The molecule has 0 radical (unpaired) electrons. The molecule has 1 N–H and O–H groups in total. The quantitative estimate of drug-likeness (QED) is 0.936. The van der Waals surface area contributed by atoms with E-state index in [1.54, 1.807) is 11.1 Å². The fraction of sp³-hybridized carbons (Fsp3) is 0.474. The number of pyridine rings is 1. The van der Waals surface area contributed by atoms with E-state index in [-0.39, 0.29) is 5.91 Å². The number of carbonyl (C=O) groups excluding carboxylic acids is 1. The molecule has 0 unspecified atom stereocenters. The molecule has 1 atom stereocenters. The molecule has 0 saturated carbocycles. The third-order valence-electron chi connectivity index (χ3n) is 5.20. The van der Waals surface area contributed by atoms with E-state index in [1.165, 1.54) is 12.8 Å². The number of benzene rings is 1. The van der Waals surface area contributed by atoms with Crippen molar-refractivity contribution in [2.24, 2.45) is 0 Å². The van der Waals surface area contributed by atoms with Crippen LogP contribution >= 0.6 is 0 Å². The maximum atomic E-state index is 12.9. The summed E-state index contributed by atoms with van der Waals surface area (Å²) in [6, 6.07) is 9.53. The Morgan fingerprint density at radius 1 is 1.17 bits per heavy atom. The minimum absolute atomic E-state index is 0.0309. The number of likely N-dealkylation sites (tertiary alicyclic amines) is 2. The lowest BCUT2D eigenvalue weighted by atomic mass is 10.0. The molecule has 4 rings (SSSR count). The first-order chi connectivity index (χ1) is 11.6. The number of rotatable bonds is 3. The monoisotopic (exact) mass is 325 g/mol. The van der Waals surface area contributed by atoms with Crippen LogP contribution < -0.4 is 0 Å². The van der Waals surface area contributed by atoms with Gasteiger partial charge in [-0.3, -0.25) is 9.78 Å². The zero-order valence-corrected chi connectivity index (χ0v) is 13.8. The molecule has 2 saturated heterocycles. The highest BCUT2D eigenvalue weighted by molar-refractivity contribution is 6.05. The first-order valence-corrected chi connectivity index (χ1v) is 8.72. The lowest BCUT2D eigenvalue weighted by molar-refractivity contribution is 0.0176. The third kappa shape index (κ3) is 2.89. The smallest absolute Gasteiger partial charge is 0.256 e. The Bertz CT molecular complexity index is 752. The molecule has 2 aliphatic rings. The molecule has 0 aliphatic carbocycles. The Hall–Kier alpha value is -1.98. The van der Waals surface area contributed by atoms with E-state index in [0.717, 1.165) is 24.0 Å². The molecule has 0 spiro atoms. The maximum Gasteiger partial charge on any atom is 0.256 e. The number of para-hydroxylation sites is 1. The highest BCUT2D eigenvalue weighted by Gasteiger charge is 2.40. The summed E-state index contributed by atoms with van der Waals surface area (Å²) < 4.78 is 0. The van der Waals surface area contributed by atoms with E-state index in [9.17, 15) is 9.90 Å². The normalized spacial score (nSPS) is 24.8. The van der Waals surface area contributed by atoms with E-state index < -0.39 is 5.60 Å². The fourth-order valence-corrected chi connectivity index (χ4v) is 3.96. The van der Waals surface area contributed by atoms with Gasteiger partial charge >= 0.3 is 0 Å². The molecule has 5 heteroatoms. The van der Waals surface area contributed by atoms with Crippen LogP contribution in [-0.4, -0.2) is 64.1 Å². The van der Waals surface area contributed by atoms with Crippen molar-refractivity contribution in [3.63, 3.8) is 0 Å². The van der Waals surface area contributed by atoms with Crippen LogP contribution in [0.1, 0.15) is 29.6 Å². The second kappa shape index (κ2) is 6.15. The molecule has 1 amide bonds. The molecule has 5 nitrogen and oxygen atoms in total. The Balaban J connectivity index is 1.52. The first-order valence-electron chi connectivity index (χ1n) is 8.72. The van der Waals surface area contributed by atoms with Crippen molar-refractivity contribution in [2.45, 2.75) is 24.9 Å². The standard InChI is InChI=1S/C19H23N3O2/c23-18(16-7-3-5-15-6-4-9-20-17(15)16)22-12-8-19(24,14-22)13-21-10-1-2-11-21/h3-7,9,24H,1-2,8,10-14H2/t19-/m1/s1. The van der Waals surface area contributed by atoms with Crippen molar-refractivity contribution in [2.75, 3.05) is 32.7 Å². The van der Waals surface area contributed by atoms with Crippen molar-refractivity contribution in [3.8, 4) is 0 Å². The minimum Gasteiger partial charge on any atom is -0.387 e. The van der Waals surface area contributed by atoms with Crippen molar-refractivity contribution < 1.29 is 9.90 Å². The van der Waals surface area contributed by atoms with Crippen LogP contribution in [0, 0.1) is 0 Å². The lowest BCUT2D eigenvalue weighted by Crippen LogP contribution is -2.45. The number of hydrogen-bond acceptors (Lipinski definition) is 4. The highest BCUT2D eigenvalue weighted by Crippen LogP contribution is 2.27. The van der Waals surface area contributed by atoms with Gasteiger partial charge in [0.05, 0.1) is 23.2 Å². The molecule has 24 heavy (non-hydrogen) atoms. The van der Waals surface area contributed by atoms with E-state index >= 15 is 0 Å². The number of aliphatic hydroxyl groups is 1. The average molecular weight is 325 g/mol. The topological polar surface area (TPSA) is 56.7 Å². The van der Waals surface area contributed by atoms with Crippen LogP contribution in [0.3, 0.4) is 0 Å². The van der Waals surface area contributed by atoms with Crippen LogP contribution in [0.15, 0.2) is 36.5 Å². The molecule has 2 fully saturated rings. The van der Waals surface area contributed by atoms with E-state index in [0.29, 0.717) is 31.6 Å². The summed E-state index contributed by atoms with van der Waals surface area (Å²) >= 11 is 0. The molecule has 126 valence electrons. The SMILES string of the molecule is O=C(c1cccc2cccnc12)N1CC[C@@](O)(CN2CCCC2)C1. The molecular weight excluding hydrogens is 302 g/mol. The number of hydrogen-bond donors (Lipinski definition) is 1. The van der Waals surface area contributed by atoms with E-state index in [1.807, 2.05) is 30.3 Å². The summed E-state index contributed by atoms with van der Waals surface area (Å²) in [6.07, 6.45) is 4.78. The Labute approximate surface area is 141 Å². The third-order valence-corrected chi connectivity index (χ3v) is 5.20. The highest BCUT2D eigenvalue weighted by atomic mass is 16.3. The van der Waals surface area contributed by atoms with Gasteiger partial charge in [-0.1, -0.05) is 18.2 Å². The second-order valence-corrected chi connectivity index (χ2v) is 7.06. The van der Waals surface area contributed by atoms with Gasteiger partial charge < -0.3 is 14.9 Å². The zero-order valence-electron chi connectivity index (χ0n) is 13.8. The van der Waals surface area contributed by atoms with Gasteiger partial charge in [-0.15, -0.1) is 0 Å². The van der Waals surface area contributed by atoms with Crippen molar-refractivity contribution in [3.05, 3.63) is 42.1 Å². The van der Waals surface area contributed by atoms with Gasteiger partial charge in [-0.25, -0.2) is 0 Å². The first kappa shape index (κ1) is 15.5. The van der Waals surface area contributed by atoms with Crippen LogP contribution in [-0.2, 0) is 0 Å². The Morgan fingerprint density at radius 3 is 2.79 bits per heavy atom. The predicted octanol–water partition coefficient (Wildman–Crippen LogP) is 1.91. The molecule has 0 bridgehead atoms. The lowest BCUT2D eigenvalue weighted by Gasteiger charge is -2.28. The minimum atomic E-state index is -0.780. The van der Waals surface area contributed by atoms with Crippen molar-refractivity contribution >= 4 is 16.8 Å². The number of β-amino-alcohol motifs (C(OH)–C–C–N with tert-alkyl or cyclic N) is 1. The summed E-state index contributed by atoms with van der Waals surface area (Å²) in [5.41, 5.74) is 0.580. The number of amides is 1. The molecule has 1 aromatic heterocycles. The predicted molar refractivity (Wildman–Crippen MR) is 92.9 cm³/mol. The molecular formula is C19H23N3O2. The maximum absolute atomic E-state index is 12.9. The number of carbonyl (C=O) groups is 1. The van der Waals surface area contributed by atoms with Gasteiger partial charge in [0.1, 0.15) is 0 Å². The van der Waals surface area contributed by atoms with E-state index in [2.05, 4.69) is 9.88 Å². The summed E-state index contributed by atoms with van der Waals surface area (Å²) in [6.45, 7) is 3.80. The molecule has 1 aromatic carbocycles. The Kier molecular flexibility index (Phi) is 3.98. The molecule has 2 aliphatic heterocycles. The van der Waals surface area contributed by atoms with Gasteiger partial charge in [0.2, 0.25) is 0 Å². The molecule has 2 aromatic rings. The summed E-state index contributed by atoms with van der Waals surface area (Å²) in [5, 5.41) is 11.8. The largest absolute Gasteiger partial charge is 0.387 e. The molecule has 3 heterocycles. The van der Waals surface area contributed by atoms with Crippen LogP contribution in [0.2, 0.25) is 0 Å². The van der Waals surface area contributed by atoms with Crippen LogP contribution in [0.4, 0.5) is 0 Å². The summed E-state index contributed by atoms with van der Waals surface area (Å²) in [5.74, 6) is -0.0309. The second-order valence-electron chi connectivity index (χ2n) is 7.06. The number of fused-ring (bicyclic) bond motifs is 1. The summed E-state index contributed by atoms with van der Waals surface area (Å²) in [4.78, 5) is 21.4. The number of aromatic nitrogens is 1. The van der Waals surface area contributed by atoms with Gasteiger partial charge in [0.15, 0.2) is 0 Å². The van der Waals surface area contributed by atoms with E-state index in [4.69, 9.17) is 0 Å². The number of nitrogens with zero attached hydrogens (tertiary/aromatic N) is 3. The van der Waals surface area contributed by atoms with Gasteiger partial charge in [0, 0.05) is 24.7 Å². The Morgan fingerprint density at radius 2 is 1.96 bits per heavy atom.